The zero-order chi connectivity index (χ0) is 23.0. The van der Waals surface area contributed by atoms with E-state index in [0.717, 1.165) is 26.7 Å². The van der Waals surface area contributed by atoms with Gasteiger partial charge in [-0.25, -0.2) is 9.78 Å². The first-order valence-corrected chi connectivity index (χ1v) is 11.4. The van der Waals surface area contributed by atoms with Gasteiger partial charge < -0.3 is 14.4 Å². The Morgan fingerprint density at radius 1 is 1.22 bits per heavy atom. The minimum atomic E-state index is -0.592. The maximum atomic E-state index is 13.1. The number of fused-ring (bicyclic) bond motifs is 1. The molecule has 0 saturated carbocycles. The number of carbonyl (C=O) groups excluding carboxylic acids is 2. The first-order chi connectivity index (χ1) is 15.2. The molecular weight excluding hydrogens is 424 g/mol. The molecule has 2 heterocycles. The van der Waals surface area contributed by atoms with Crippen LogP contribution in [0.4, 0.5) is 5.69 Å². The highest BCUT2D eigenvalue weighted by Gasteiger charge is 2.32. The number of hydrogen-bond acceptors (Lipinski definition) is 6. The van der Waals surface area contributed by atoms with E-state index < -0.39 is 6.10 Å². The molecule has 0 saturated heterocycles. The van der Waals surface area contributed by atoms with Crippen molar-refractivity contribution in [1.29, 1.82) is 0 Å². The van der Waals surface area contributed by atoms with Crippen LogP contribution in [0.3, 0.4) is 0 Å². The average Bonchev–Trinajstić information content (AvgIpc) is 3.09. The summed E-state index contributed by atoms with van der Waals surface area (Å²) >= 11 is 1.65. The van der Waals surface area contributed by atoms with Crippen molar-refractivity contribution in [2.45, 2.75) is 53.4 Å². The number of benzene rings is 2. The standard InChI is InChI=1S/C25H26N2O4S/c1-14(2)30-25(29)20-8-6-7-18(11-20)13-27-21-12-19(23-16(4)32-17(5)26-23)9-10-22(21)31-15(3)24(27)28/h6-12,14-15H,13H2,1-5H3. The monoisotopic (exact) mass is 450 g/mol. The van der Waals surface area contributed by atoms with Crippen LogP contribution in [0.1, 0.15) is 46.6 Å². The zero-order valence-corrected chi connectivity index (χ0v) is 19.7. The molecule has 1 aromatic heterocycles. The van der Waals surface area contributed by atoms with Gasteiger partial charge in [0.2, 0.25) is 0 Å². The molecule has 0 aliphatic carbocycles. The Kier molecular flexibility index (Phi) is 6.02. The van der Waals surface area contributed by atoms with Gasteiger partial charge in [-0.05, 0) is 70.5 Å². The molecule has 3 aromatic rings. The quantitative estimate of drug-likeness (QED) is 0.493. The smallest absolute Gasteiger partial charge is 0.338 e. The second-order valence-electron chi connectivity index (χ2n) is 8.16. The van der Waals surface area contributed by atoms with Gasteiger partial charge >= 0.3 is 5.97 Å². The molecule has 0 spiro atoms. The van der Waals surface area contributed by atoms with Crippen LogP contribution in [-0.4, -0.2) is 29.1 Å². The number of thiazole rings is 1. The Hall–Kier alpha value is -3.19. The molecule has 0 N–H and O–H groups in total. The number of rotatable bonds is 5. The normalized spacial score (nSPS) is 15.5. The number of ether oxygens (including phenoxy) is 2. The van der Waals surface area contributed by atoms with Crippen LogP contribution in [0.2, 0.25) is 0 Å². The summed E-state index contributed by atoms with van der Waals surface area (Å²) < 4.78 is 11.2. The third-order valence-electron chi connectivity index (χ3n) is 5.19. The molecule has 32 heavy (non-hydrogen) atoms. The van der Waals surface area contributed by atoms with Crippen molar-refractivity contribution in [1.82, 2.24) is 4.98 Å². The Labute approximate surface area is 191 Å². The number of aryl methyl sites for hydroxylation is 2. The van der Waals surface area contributed by atoms with Crippen molar-refractivity contribution < 1.29 is 19.1 Å². The molecule has 7 heteroatoms. The van der Waals surface area contributed by atoms with Gasteiger partial charge in [-0.2, -0.15) is 0 Å². The van der Waals surface area contributed by atoms with Crippen molar-refractivity contribution >= 4 is 28.9 Å². The summed E-state index contributed by atoms with van der Waals surface area (Å²) in [4.78, 5) is 32.9. The number of amides is 1. The molecule has 0 radical (unpaired) electrons. The largest absolute Gasteiger partial charge is 0.479 e. The Morgan fingerprint density at radius 2 is 2.00 bits per heavy atom. The molecule has 6 nitrogen and oxygen atoms in total. The van der Waals surface area contributed by atoms with Crippen molar-refractivity contribution in [3.8, 4) is 17.0 Å². The van der Waals surface area contributed by atoms with E-state index in [1.54, 1.807) is 41.4 Å². The van der Waals surface area contributed by atoms with E-state index in [9.17, 15) is 9.59 Å². The van der Waals surface area contributed by atoms with Gasteiger partial charge in [0.05, 0.1) is 34.6 Å². The third kappa shape index (κ3) is 4.39. The van der Waals surface area contributed by atoms with E-state index in [-0.39, 0.29) is 18.0 Å². The second-order valence-corrected chi connectivity index (χ2v) is 9.57. The van der Waals surface area contributed by atoms with E-state index >= 15 is 0 Å². The Morgan fingerprint density at radius 3 is 2.69 bits per heavy atom. The van der Waals surface area contributed by atoms with Gasteiger partial charge in [0.1, 0.15) is 5.75 Å². The summed E-state index contributed by atoms with van der Waals surface area (Å²) in [5.74, 6) is 0.150. The lowest BCUT2D eigenvalue weighted by Crippen LogP contribution is -2.44. The first kappa shape index (κ1) is 22.0. The molecule has 166 valence electrons. The highest BCUT2D eigenvalue weighted by molar-refractivity contribution is 7.11. The summed E-state index contributed by atoms with van der Waals surface area (Å²) in [6.45, 7) is 9.72. The molecule has 1 aliphatic heterocycles. The van der Waals surface area contributed by atoms with E-state index in [0.29, 0.717) is 23.5 Å². The zero-order valence-electron chi connectivity index (χ0n) is 18.8. The molecule has 1 unspecified atom stereocenters. The molecule has 0 fully saturated rings. The maximum absolute atomic E-state index is 13.1. The van der Waals surface area contributed by atoms with Gasteiger partial charge in [-0.3, -0.25) is 4.79 Å². The van der Waals surface area contributed by atoms with Crippen LogP contribution in [0, 0.1) is 13.8 Å². The van der Waals surface area contributed by atoms with E-state index in [4.69, 9.17) is 9.47 Å². The molecular formula is C25H26N2O4S. The van der Waals surface area contributed by atoms with Crippen LogP contribution < -0.4 is 9.64 Å². The van der Waals surface area contributed by atoms with Crippen LogP contribution in [0.15, 0.2) is 42.5 Å². The van der Waals surface area contributed by atoms with E-state index in [1.165, 1.54) is 0 Å². The van der Waals surface area contributed by atoms with Gasteiger partial charge in [-0.1, -0.05) is 12.1 Å². The lowest BCUT2D eigenvalue weighted by atomic mass is 10.1. The van der Waals surface area contributed by atoms with Crippen molar-refractivity contribution in [2.75, 3.05) is 4.90 Å². The fourth-order valence-corrected chi connectivity index (χ4v) is 4.62. The van der Waals surface area contributed by atoms with Gasteiger partial charge in [-0.15, -0.1) is 11.3 Å². The second kappa shape index (κ2) is 8.74. The number of anilines is 1. The average molecular weight is 451 g/mol. The van der Waals surface area contributed by atoms with Crippen molar-refractivity contribution in [3.05, 3.63) is 63.5 Å². The molecule has 4 rings (SSSR count). The summed E-state index contributed by atoms with van der Waals surface area (Å²) in [6, 6.07) is 13.0. The van der Waals surface area contributed by atoms with Crippen molar-refractivity contribution in [3.63, 3.8) is 0 Å². The SMILES string of the molecule is Cc1nc(-c2ccc3c(c2)N(Cc2cccc(C(=O)OC(C)C)c2)C(=O)C(C)O3)c(C)s1. The van der Waals surface area contributed by atoms with Crippen LogP contribution in [0.25, 0.3) is 11.3 Å². The molecule has 1 aliphatic rings. The van der Waals surface area contributed by atoms with Gasteiger partial charge in [0, 0.05) is 10.4 Å². The first-order valence-electron chi connectivity index (χ1n) is 10.6. The summed E-state index contributed by atoms with van der Waals surface area (Å²) in [6.07, 6.45) is -0.790. The van der Waals surface area contributed by atoms with E-state index in [2.05, 4.69) is 4.98 Å². The molecule has 1 atom stereocenters. The van der Waals surface area contributed by atoms with Gasteiger partial charge in [0.25, 0.3) is 5.91 Å². The number of nitrogens with zero attached hydrogens (tertiary/aromatic N) is 2. The third-order valence-corrected chi connectivity index (χ3v) is 6.08. The highest BCUT2D eigenvalue weighted by Crippen LogP contribution is 2.39. The summed E-state index contributed by atoms with van der Waals surface area (Å²) in [5, 5.41) is 0.998. The predicted octanol–water partition coefficient (Wildman–Crippen LogP) is 5.31. The molecule has 1 amide bonds. The minimum Gasteiger partial charge on any atom is -0.479 e. The fraction of sp³-hybridized carbons (Fsp3) is 0.320. The van der Waals surface area contributed by atoms with Gasteiger partial charge in [0.15, 0.2) is 6.10 Å². The highest BCUT2D eigenvalue weighted by atomic mass is 32.1. The number of hydrogen-bond donors (Lipinski definition) is 0. The molecule has 2 aromatic carbocycles. The number of aromatic nitrogens is 1. The summed E-state index contributed by atoms with van der Waals surface area (Å²) in [5.41, 5.74) is 3.86. The lowest BCUT2D eigenvalue weighted by molar-refractivity contribution is -0.125. The van der Waals surface area contributed by atoms with Crippen molar-refractivity contribution in [2.24, 2.45) is 0 Å². The fourth-order valence-electron chi connectivity index (χ4n) is 3.78. The Balaban J connectivity index is 1.69. The number of carbonyl (C=O) groups is 2. The topological polar surface area (TPSA) is 68.7 Å². The van der Waals surface area contributed by atoms with Crippen LogP contribution in [0.5, 0.6) is 5.75 Å². The number of esters is 1. The predicted molar refractivity (Wildman–Crippen MR) is 125 cm³/mol. The van der Waals surface area contributed by atoms with Crippen LogP contribution >= 0.6 is 11.3 Å². The van der Waals surface area contributed by atoms with E-state index in [1.807, 2.05) is 52.0 Å². The lowest BCUT2D eigenvalue weighted by Gasteiger charge is -2.33. The van der Waals surface area contributed by atoms with Crippen LogP contribution in [-0.2, 0) is 16.1 Å². The Bertz CT molecular complexity index is 1180. The minimum absolute atomic E-state index is 0.129. The maximum Gasteiger partial charge on any atom is 0.338 e. The summed E-state index contributed by atoms with van der Waals surface area (Å²) in [7, 11) is 0. The molecule has 0 bridgehead atoms.